The SMILES string of the molecule is CCOC(=O)c1ccc(C)c(F)c1[N+](=O)[O-]. The molecule has 0 bridgehead atoms. The highest BCUT2D eigenvalue weighted by Gasteiger charge is 2.27. The van der Waals surface area contributed by atoms with Crippen LogP contribution in [0.3, 0.4) is 0 Å². The molecule has 1 aromatic carbocycles. The summed E-state index contributed by atoms with van der Waals surface area (Å²) in [4.78, 5) is 21.1. The Bertz CT molecular complexity index is 445. The van der Waals surface area contributed by atoms with Crippen molar-refractivity contribution < 1.29 is 18.8 Å². The van der Waals surface area contributed by atoms with Gasteiger partial charge < -0.3 is 4.74 Å². The van der Waals surface area contributed by atoms with Crippen LogP contribution >= 0.6 is 0 Å². The number of hydrogen-bond donors (Lipinski definition) is 0. The zero-order valence-electron chi connectivity index (χ0n) is 8.82. The smallest absolute Gasteiger partial charge is 0.345 e. The second-order valence-corrected chi connectivity index (χ2v) is 3.07. The molecule has 0 aliphatic carbocycles. The Kier molecular flexibility index (Phi) is 3.55. The predicted molar refractivity (Wildman–Crippen MR) is 53.7 cm³/mol. The lowest BCUT2D eigenvalue weighted by atomic mass is 10.1. The predicted octanol–water partition coefficient (Wildman–Crippen LogP) is 2.22. The molecule has 16 heavy (non-hydrogen) atoms. The topological polar surface area (TPSA) is 69.4 Å². The summed E-state index contributed by atoms with van der Waals surface area (Å²) < 4.78 is 18.1. The maximum absolute atomic E-state index is 13.5. The van der Waals surface area contributed by atoms with Gasteiger partial charge in [0.05, 0.1) is 11.5 Å². The van der Waals surface area contributed by atoms with Gasteiger partial charge in [-0.1, -0.05) is 6.07 Å². The first-order valence-corrected chi connectivity index (χ1v) is 4.59. The third kappa shape index (κ3) is 2.16. The van der Waals surface area contributed by atoms with E-state index >= 15 is 0 Å². The molecule has 0 atom stereocenters. The largest absolute Gasteiger partial charge is 0.462 e. The average Bonchev–Trinajstić information content (AvgIpc) is 2.21. The van der Waals surface area contributed by atoms with E-state index in [9.17, 15) is 19.3 Å². The van der Waals surface area contributed by atoms with Crippen LogP contribution in [0.1, 0.15) is 22.8 Å². The third-order valence-electron chi connectivity index (χ3n) is 1.99. The number of halogens is 1. The number of carbonyl (C=O) groups is 1. The molecule has 86 valence electrons. The molecule has 0 fully saturated rings. The van der Waals surface area contributed by atoms with Crippen molar-refractivity contribution in [2.24, 2.45) is 0 Å². The number of esters is 1. The number of hydrogen-bond acceptors (Lipinski definition) is 4. The van der Waals surface area contributed by atoms with Crippen molar-refractivity contribution in [2.75, 3.05) is 6.61 Å². The number of nitro benzene ring substituents is 1. The molecule has 0 unspecified atom stereocenters. The molecule has 0 aliphatic heterocycles. The molecule has 1 rings (SSSR count). The van der Waals surface area contributed by atoms with E-state index in [1.54, 1.807) is 6.92 Å². The molecule has 0 saturated heterocycles. The minimum atomic E-state index is -1.00. The maximum Gasteiger partial charge on any atom is 0.345 e. The summed E-state index contributed by atoms with van der Waals surface area (Å²) >= 11 is 0. The van der Waals surface area contributed by atoms with E-state index in [4.69, 9.17) is 0 Å². The third-order valence-corrected chi connectivity index (χ3v) is 1.99. The summed E-state index contributed by atoms with van der Waals surface area (Å²) in [6, 6.07) is 2.49. The Balaban J connectivity index is 3.34. The van der Waals surface area contributed by atoms with Gasteiger partial charge in [-0.15, -0.1) is 0 Å². The maximum atomic E-state index is 13.5. The Hall–Kier alpha value is -1.98. The van der Waals surface area contributed by atoms with Crippen LogP contribution in [-0.2, 0) is 4.74 Å². The lowest BCUT2D eigenvalue weighted by Crippen LogP contribution is -2.10. The Morgan fingerprint density at radius 2 is 2.19 bits per heavy atom. The number of carbonyl (C=O) groups excluding carboxylic acids is 1. The number of ether oxygens (including phenoxy) is 1. The van der Waals surface area contributed by atoms with Gasteiger partial charge in [0.1, 0.15) is 5.56 Å². The van der Waals surface area contributed by atoms with E-state index in [-0.39, 0.29) is 17.7 Å². The molecule has 0 heterocycles. The van der Waals surface area contributed by atoms with Crippen LogP contribution in [0.25, 0.3) is 0 Å². The van der Waals surface area contributed by atoms with E-state index in [0.29, 0.717) is 0 Å². The summed E-state index contributed by atoms with van der Waals surface area (Å²) in [6.07, 6.45) is 0. The van der Waals surface area contributed by atoms with Crippen LogP contribution in [-0.4, -0.2) is 17.5 Å². The zero-order chi connectivity index (χ0) is 12.3. The molecule has 5 nitrogen and oxygen atoms in total. The van der Waals surface area contributed by atoms with Crippen LogP contribution in [0.5, 0.6) is 0 Å². The molecule has 0 aliphatic rings. The fourth-order valence-corrected chi connectivity index (χ4v) is 1.22. The fraction of sp³-hybridized carbons (Fsp3) is 0.300. The van der Waals surface area contributed by atoms with Crippen molar-refractivity contribution >= 4 is 11.7 Å². The highest BCUT2D eigenvalue weighted by atomic mass is 19.1. The van der Waals surface area contributed by atoms with Crippen LogP contribution in [0, 0.1) is 22.9 Å². The fourth-order valence-electron chi connectivity index (χ4n) is 1.22. The van der Waals surface area contributed by atoms with Crippen molar-refractivity contribution in [2.45, 2.75) is 13.8 Å². The summed E-state index contributed by atoms with van der Waals surface area (Å²) in [6.45, 7) is 3.02. The Morgan fingerprint density at radius 1 is 1.56 bits per heavy atom. The van der Waals surface area contributed by atoms with Gasteiger partial charge in [-0.3, -0.25) is 10.1 Å². The van der Waals surface area contributed by atoms with Gasteiger partial charge in [0.15, 0.2) is 0 Å². The molecule has 0 saturated carbocycles. The number of aryl methyl sites for hydroxylation is 1. The minimum Gasteiger partial charge on any atom is -0.462 e. The Labute approximate surface area is 91.0 Å². The van der Waals surface area contributed by atoms with E-state index in [0.717, 1.165) is 0 Å². The number of rotatable bonds is 3. The highest BCUT2D eigenvalue weighted by molar-refractivity contribution is 5.94. The first-order valence-electron chi connectivity index (χ1n) is 4.59. The molecule has 0 aromatic heterocycles. The molecular weight excluding hydrogens is 217 g/mol. The first-order chi connectivity index (χ1) is 7.49. The highest BCUT2D eigenvalue weighted by Crippen LogP contribution is 2.25. The van der Waals surface area contributed by atoms with Crippen LogP contribution in [0.15, 0.2) is 12.1 Å². The average molecular weight is 227 g/mol. The molecule has 0 N–H and O–H groups in total. The van der Waals surface area contributed by atoms with E-state index in [2.05, 4.69) is 4.74 Å². The Morgan fingerprint density at radius 3 is 2.69 bits per heavy atom. The number of nitrogens with zero attached hydrogens (tertiary/aromatic N) is 1. The summed E-state index contributed by atoms with van der Waals surface area (Å²) in [5, 5.41) is 10.7. The summed E-state index contributed by atoms with van der Waals surface area (Å²) in [5.74, 6) is -1.90. The lowest BCUT2D eigenvalue weighted by Gasteiger charge is -2.04. The van der Waals surface area contributed by atoms with E-state index in [1.165, 1.54) is 19.1 Å². The molecule has 0 spiro atoms. The van der Waals surface area contributed by atoms with Gasteiger partial charge in [-0.2, -0.15) is 4.39 Å². The zero-order valence-corrected chi connectivity index (χ0v) is 8.82. The standard InChI is InChI=1S/C10H10FNO4/c1-3-16-10(13)7-5-4-6(2)8(11)9(7)12(14)15/h4-5H,3H2,1-2H3. The second-order valence-electron chi connectivity index (χ2n) is 3.07. The van der Waals surface area contributed by atoms with Gasteiger partial charge in [0, 0.05) is 0 Å². The van der Waals surface area contributed by atoms with Gasteiger partial charge in [0.25, 0.3) is 0 Å². The van der Waals surface area contributed by atoms with E-state index in [1.807, 2.05) is 0 Å². The lowest BCUT2D eigenvalue weighted by molar-refractivity contribution is -0.387. The monoisotopic (exact) mass is 227 g/mol. The summed E-state index contributed by atoms with van der Waals surface area (Å²) in [5.41, 5.74) is -1.09. The second kappa shape index (κ2) is 4.69. The molecular formula is C10H10FNO4. The van der Waals surface area contributed by atoms with Gasteiger partial charge in [-0.25, -0.2) is 4.79 Å². The van der Waals surface area contributed by atoms with Crippen molar-refractivity contribution in [3.8, 4) is 0 Å². The minimum absolute atomic E-state index is 0.0749. The quantitative estimate of drug-likeness (QED) is 0.451. The van der Waals surface area contributed by atoms with Crippen molar-refractivity contribution in [1.82, 2.24) is 0 Å². The molecule has 1 aromatic rings. The van der Waals surface area contributed by atoms with Crippen LogP contribution < -0.4 is 0 Å². The van der Waals surface area contributed by atoms with E-state index < -0.39 is 22.4 Å². The van der Waals surface area contributed by atoms with Crippen molar-refractivity contribution in [3.63, 3.8) is 0 Å². The van der Waals surface area contributed by atoms with Gasteiger partial charge >= 0.3 is 11.7 Å². The van der Waals surface area contributed by atoms with Crippen LogP contribution in [0.4, 0.5) is 10.1 Å². The summed E-state index contributed by atoms with van der Waals surface area (Å²) in [7, 11) is 0. The molecule has 0 amide bonds. The molecule has 0 radical (unpaired) electrons. The first kappa shape index (κ1) is 12.1. The van der Waals surface area contributed by atoms with Crippen molar-refractivity contribution in [3.05, 3.63) is 39.2 Å². The van der Waals surface area contributed by atoms with Crippen molar-refractivity contribution in [1.29, 1.82) is 0 Å². The van der Waals surface area contributed by atoms with Gasteiger partial charge in [-0.05, 0) is 25.5 Å². The number of benzene rings is 1. The normalized spacial score (nSPS) is 9.94. The number of nitro groups is 1. The van der Waals surface area contributed by atoms with Gasteiger partial charge in [0.2, 0.25) is 5.82 Å². The molecule has 6 heteroatoms. The van der Waals surface area contributed by atoms with Crippen LogP contribution in [0.2, 0.25) is 0 Å².